The van der Waals surface area contributed by atoms with E-state index in [9.17, 15) is 18.0 Å². The van der Waals surface area contributed by atoms with Crippen LogP contribution in [0.3, 0.4) is 0 Å². The first kappa shape index (κ1) is 21.2. The van der Waals surface area contributed by atoms with E-state index >= 15 is 0 Å². The average Bonchev–Trinajstić information content (AvgIpc) is 3.17. The number of piperidine rings is 1. The molecule has 31 heavy (non-hydrogen) atoms. The number of carbonyl (C=O) groups is 1. The van der Waals surface area contributed by atoms with Gasteiger partial charge in [-0.3, -0.25) is 4.79 Å². The van der Waals surface area contributed by atoms with Crippen molar-refractivity contribution in [3.8, 4) is 5.75 Å². The van der Waals surface area contributed by atoms with Gasteiger partial charge in [0.1, 0.15) is 11.4 Å². The van der Waals surface area contributed by atoms with E-state index in [1.165, 1.54) is 6.07 Å². The minimum atomic E-state index is -4.47. The Kier molecular flexibility index (Phi) is 5.64. The maximum Gasteiger partial charge on any atom is 0.433 e. The van der Waals surface area contributed by atoms with Crippen molar-refractivity contribution in [2.45, 2.75) is 38.3 Å². The van der Waals surface area contributed by atoms with Crippen molar-refractivity contribution in [1.82, 2.24) is 14.9 Å². The molecule has 1 unspecified atom stereocenters. The van der Waals surface area contributed by atoms with Gasteiger partial charge in [-0.15, -0.1) is 0 Å². The van der Waals surface area contributed by atoms with E-state index in [0.717, 1.165) is 41.5 Å². The summed E-state index contributed by atoms with van der Waals surface area (Å²) in [5.41, 5.74) is 2.69. The fraction of sp³-hybridized carbons (Fsp3) is 0.391. The number of hydrogen-bond donors (Lipinski definition) is 1. The number of nitrogens with zero attached hydrogens (tertiary/aromatic N) is 2. The zero-order valence-corrected chi connectivity index (χ0v) is 17.4. The average molecular weight is 431 g/mol. The number of halogens is 3. The van der Waals surface area contributed by atoms with Crippen LogP contribution in [0.15, 0.2) is 36.4 Å². The summed E-state index contributed by atoms with van der Waals surface area (Å²) in [6.07, 6.45) is -2.46. The van der Waals surface area contributed by atoms with Crippen LogP contribution in [0.4, 0.5) is 13.2 Å². The van der Waals surface area contributed by atoms with E-state index in [4.69, 9.17) is 4.74 Å². The first-order valence-corrected chi connectivity index (χ1v) is 10.2. The molecule has 1 fully saturated rings. The van der Waals surface area contributed by atoms with Crippen molar-refractivity contribution in [2.75, 3.05) is 20.2 Å². The number of alkyl halides is 3. The number of rotatable bonds is 4. The molecule has 0 radical (unpaired) electrons. The highest BCUT2D eigenvalue weighted by Crippen LogP contribution is 2.32. The van der Waals surface area contributed by atoms with Crippen molar-refractivity contribution < 1.29 is 22.7 Å². The number of pyridine rings is 1. The quantitative estimate of drug-likeness (QED) is 0.643. The molecule has 2 aromatic heterocycles. The number of carbonyl (C=O) groups excluding carboxylic acids is 1. The van der Waals surface area contributed by atoms with E-state index in [2.05, 4.69) is 9.97 Å². The number of benzene rings is 1. The number of fused-ring (bicyclic) bond motifs is 1. The first-order valence-electron chi connectivity index (χ1n) is 10.2. The summed E-state index contributed by atoms with van der Waals surface area (Å²) in [7, 11) is 1.62. The van der Waals surface area contributed by atoms with Gasteiger partial charge in [-0.25, -0.2) is 4.98 Å². The van der Waals surface area contributed by atoms with Gasteiger partial charge < -0.3 is 14.6 Å². The Balaban J connectivity index is 1.48. The molecule has 0 aliphatic carbocycles. The molecular formula is C23H24F3N3O2. The molecule has 0 spiro atoms. The summed E-state index contributed by atoms with van der Waals surface area (Å²) in [5, 5.41) is 0. The third-order valence-electron chi connectivity index (χ3n) is 5.81. The standard InChI is InChI=1S/C23H24F3N3O2/c1-14-10-15(5-7-20(14)31-2)11-22(30)29-9-3-4-16(13-29)18-12-19-17(27-18)6-8-21(28-19)23(24,25)26/h5-8,10,12,16,27H,3-4,9,11,13H2,1-2H3. The molecule has 1 aliphatic rings. The predicted octanol–water partition coefficient (Wildman–Crippen LogP) is 4.85. The first-order chi connectivity index (χ1) is 14.7. The van der Waals surface area contributed by atoms with Crippen LogP contribution in [0.25, 0.3) is 11.0 Å². The number of H-pyrrole nitrogens is 1. The topological polar surface area (TPSA) is 58.2 Å². The minimum Gasteiger partial charge on any atom is -0.496 e. The lowest BCUT2D eigenvalue weighted by atomic mass is 9.94. The van der Waals surface area contributed by atoms with E-state index in [0.29, 0.717) is 30.5 Å². The van der Waals surface area contributed by atoms with Gasteiger partial charge in [-0.05, 0) is 55.2 Å². The normalized spacial score (nSPS) is 17.2. The molecule has 1 aromatic carbocycles. The predicted molar refractivity (Wildman–Crippen MR) is 111 cm³/mol. The summed E-state index contributed by atoms with van der Waals surface area (Å²) in [6, 6.07) is 9.79. The Bertz CT molecular complexity index is 1110. The Morgan fingerprint density at radius 2 is 2.06 bits per heavy atom. The van der Waals surface area contributed by atoms with Crippen LogP contribution in [0, 0.1) is 6.92 Å². The van der Waals surface area contributed by atoms with Gasteiger partial charge >= 0.3 is 6.18 Å². The van der Waals surface area contributed by atoms with Crippen LogP contribution < -0.4 is 4.74 Å². The van der Waals surface area contributed by atoms with Gasteiger partial charge in [0.05, 0.1) is 24.6 Å². The van der Waals surface area contributed by atoms with Crippen molar-refractivity contribution in [2.24, 2.45) is 0 Å². The third-order valence-corrected chi connectivity index (χ3v) is 5.81. The Labute approximate surface area is 178 Å². The number of methoxy groups -OCH3 is 1. The monoisotopic (exact) mass is 431 g/mol. The molecule has 4 rings (SSSR count). The summed E-state index contributed by atoms with van der Waals surface area (Å²) in [5.74, 6) is 0.872. The molecule has 5 nitrogen and oxygen atoms in total. The number of hydrogen-bond acceptors (Lipinski definition) is 3. The number of aromatic nitrogens is 2. The summed E-state index contributed by atoms with van der Waals surface area (Å²) >= 11 is 0. The number of nitrogens with one attached hydrogen (secondary N) is 1. The number of aryl methyl sites for hydroxylation is 1. The number of ether oxygens (including phenoxy) is 1. The van der Waals surface area contributed by atoms with E-state index in [1.807, 2.05) is 30.0 Å². The van der Waals surface area contributed by atoms with Crippen LogP contribution in [0.5, 0.6) is 5.75 Å². The smallest absolute Gasteiger partial charge is 0.433 e. The summed E-state index contributed by atoms with van der Waals surface area (Å²) < 4.78 is 44.1. The molecule has 1 N–H and O–H groups in total. The van der Waals surface area contributed by atoms with Crippen molar-refractivity contribution >= 4 is 16.9 Å². The molecular weight excluding hydrogens is 407 g/mol. The molecule has 164 valence electrons. The molecule has 3 aromatic rings. The molecule has 0 saturated carbocycles. The molecule has 1 atom stereocenters. The fourth-order valence-electron chi connectivity index (χ4n) is 4.20. The van der Waals surface area contributed by atoms with Crippen molar-refractivity contribution in [1.29, 1.82) is 0 Å². The second kappa shape index (κ2) is 8.24. The zero-order chi connectivity index (χ0) is 22.2. The lowest BCUT2D eigenvalue weighted by Crippen LogP contribution is -2.40. The zero-order valence-electron chi connectivity index (χ0n) is 17.4. The lowest BCUT2D eigenvalue weighted by Gasteiger charge is -2.32. The van der Waals surface area contributed by atoms with Gasteiger partial charge in [0.15, 0.2) is 0 Å². The number of amides is 1. The van der Waals surface area contributed by atoms with Crippen molar-refractivity contribution in [3.05, 3.63) is 58.9 Å². The van der Waals surface area contributed by atoms with E-state index in [-0.39, 0.29) is 11.8 Å². The van der Waals surface area contributed by atoms with E-state index < -0.39 is 11.9 Å². The fourth-order valence-corrected chi connectivity index (χ4v) is 4.20. The highest BCUT2D eigenvalue weighted by molar-refractivity contribution is 5.79. The summed E-state index contributed by atoms with van der Waals surface area (Å²) in [6.45, 7) is 3.16. The molecule has 0 bridgehead atoms. The Morgan fingerprint density at radius 1 is 1.26 bits per heavy atom. The summed E-state index contributed by atoms with van der Waals surface area (Å²) in [4.78, 5) is 21.7. The second-order valence-electron chi connectivity index (χ2n) is 8.01. The number of aromatic amines is 1. The largest absolute Gasteiger partial charge is 0.496 e. The van der Waals surface area contributed by atoms with Crippen LogP contribution in [0.1, 0.15) is 41.3 Å². The van der Waals surface area contributed by atoms with Gasteiger partial charge in [-0.2, -0.15) is 13.2 Å². The molecule has 1 saturated heterocycles. The highest BCUT2D eigenvalue weighted by atomic mass is 19.4. The molecule has 8 heteroatoms. The van der Waals surface area contributed by atoms with Crippen molar-refractivity contribution in [3.63, 3.8) is 0 Å². The molecule has 3 heterocycles. The van der Waals surface area contributed by atoms with Gasteiger partial charge in [0, 0.05) is 24.7 Å². The highest BCUT2D eigenvalue weighted by Gasteiger charge is 2.33. The lowest BCUT2D eigenvalue weighted by molar-refractivity contribution is -0.141. The van der Waals surface area contributed by atoms with Crippen LogP contribution in [0.2, 0.25) is 0 Å². The van der Waals surface area contributed by atoms with Crippen LogP contribution >= 0.6 is 0 Å². The molecule has 1 aliphatic heterocycles. The minimum absolute atomic E-state index is 0.0406. The maximum atomic E-state index is 12.9. The van der Waals surface area contributed by atoms with Crippen LogP contribution in [-0.4, -0.2) is 41.0 Å². The molecule has 1 amide bonds. The number of likely N-dealkylation sites (tertiary alicyclic amines) is 1. The van der Waals surface area contributed by atoms with E-state index in [1.54, 1.807) is 13.2 Å². The third kappa shape index (κ3) is 4.52. The van der Waals surface area contributed by atoms with Crippen LogP contribution in [-0.2, 0) is 17.4 Å². The Hall–Kier alpha value is -3.03. The SMILES string of the molecule is COc1ccc(CC(=O)N2CCCC(c3cc4nc(C(F)(F)F)ccc4[nH]3)C2)cc1C. The maximum absolute atomic E-state index is 12.9. The van der Waals surface area contributed by atoms with Gasteiger partial charge in [-0.1, -0.05) is 12.1 Å². The Morgan fingerprint density at radius 3 is 2.77 bits per heavy atom. The van der Waals surface area contributed by atoms with Gasteiger partial charge in [0.25, 0.3) is 0 Å². The second-order valence-corrected chi connectivity index (χ2v) is 8.01. The van der Waals surface area contributed by atoms with Gasteiger partial charge in [0.2, 0.25) is 5.91 Å².